The molecular weight excluding hydrogens is 287 g/mol. The van der Waals surface area contributed by atoms with Crippen LogP contribution in [0.4, 0.5) is 14.9 Å². The van der Waals surface area contributed by atoms with Crippen molar-refractivity contribution in [3.8, 4) is 0 Å². The van der Waals surface area contributed by atoms with Gasteiger partial charge in [0.1, 0.15) is 5.82 Å². The molecule has 20 heavy (non-hydrogen) atoms. The molecule has 1 aromatic rings. The van der Waals surface area contributed by atoms with Gasteiger partial charge in [-0.25, -0.2) is 9.18 Å². The van der Waals surface area contributed by atoms with Crippen LogP contribution in [0.2, 0.25) is 5.02 Å². The van der Waals surface area contributed by atoms with Crippen LogP contribution < -0.4 is 10.6 Å². The molecule has 108 valence electrons. The minimum atomic E-state index is -0.899. The molecule has 7 heteroatoms. The standard InChI is InChI=1S/C13H14ClFN2O3/c14-9-6-8(15)2-3-10(9)17-12(20)16-7-13(11(18)19)4-1-5-13/h2-3,6H,1,4-5,7H2,(H,18,19)(H2,16,17,20). The molecule has 0 saturated heterocycles. The van der Waals surface area contributed by atoms with Gasteiger partial charge in [-0.2, -0.15) is 0 Å². The van der Waals surface area contributed by atoms with Crippen LogP contribution in [0.1, 0.15) is 19.3 Å². The topological polar surface area (TPSA) is 78.4 Å². The molecule has 0 unspecified atom stereocenters. The first kappa shape index (κ1) is 14.6. The highest BCUT2D eigenvalue weighted by atomic mass is 35.5. The Hall–Kier alpha value is -1.82. The van der Waals surface area contributed by atoms with Crippen LogP contribution in [0.5, 0.6) is 0 Å². The first-order chi connectivity index (χ1) is 9.43. The quantitative estimate of drug-likeness (QED) is 0.800. The predicted octanol–water partition coefficient (Wildman–Crippen LogP) is 2.86. The van der Waals surface area contributed by atoms with Crippen molar-refractivity contribution in [2.24, 2.45) is 5.41 Å². The Balaban J connectivity index is 1.91. The molecular formula is C13H14ClFN2O3. The average Bonchev–Trinajstić information content (AvgIpc) is 2.31. The van der Waals surface area contributed by atoms with Crippen molar-refractivity contribution in [2.75, 3.05) is 11.9 Å². The summed E-state index contributed by atoms with van der Waals surface area (Å²) in [5.74, 6) is -1.40. The maximum atomic E-state index is 12.9. The number of halogens is 2. The fourth-order valence-electron chi connectivity index (χ4n) is 2.08. The molecule has 1 aliphatic carbocycles. The third-order valence-electron chi connectivity index (χ3n) is 3.53. The third kappa shape index (κ3) is 3.01. The van der Waals surface area contributed by atoms with Crippen molar-refractivity contribution in [3.63, 3.8) is 0 Å². The minimum Gasteiger partial charge on any atom is -0.481 e. The highest BCUT2D eigenvalue weighted by molar-refractivity contribution is 6.33. The predicted molar refractivity (Wildman–Crippen MR) is 72.4 cm³/mol. The van der Waals surface area contributed by atoms with E-state index in [-0.39, 0.29) is 17.3 Å². The van der Waals surface area contributed by atoms with Gasteiger partial charge in [0, 0.05) is 6.54 Å². The summed E-state index contributed by atoms with van der Waals surface area (Å²) < 4.78 is 12.9. The average molecular weight is 301 g/mol. The number of carboxylic acid groups (broad SMARTS) is 1. The molecule has 1 aromatic carbocycles. The van der Waals surface area contributed by atoms with Crippen molar-refractivity contribution in [2.45, 2.75) is 19.3 Å². The molecule has 0 bridgehead atoms. The third-order valence-corrected chi connectivity index (χ3v) is 3.84. The number of carboxylic acids is 1. The summed E-state index contributed by atoms with van der Waals surface area (Å²) in [6.07, 6.45) is 1.96. The van der Waals surface area contributed by atoms with Crippen molar-refractivity contribution >= 4 is 29.3 Å². The van der Waals surface area contributed by atoms with Crippen LogP contribution in [0.3, 0.4) is 0 Å². The molecule has 3 N–H and O–H groups in total. The zero-order valence-corrected chi connectivity index (χ0v) is 11.3. The second-order valence-electron chi connectivity index (χ2n) is 4.87. The largest absolute Gasteiger partial charge is 0.481 e. The summed E-state index contributed by atoms with van der Waals surface area (Å²) in [6.45, 7) is 0.0625. The van der Waals surface area contributed by atoms with Gasteiger partial charge in [0.15, 0.2) is 0 Å². The zero-order valence-electron chi connectivity index (χ0n) is 10.6. The first-order valence-corrected chi connectivity index (χ1v) is 6.54. The van der Waals surface area contributed by atoms with Gasteiger partial charge in [-0.1, -0.05) is 18.0 Å². The van der Waals surface area contributed by atoms with Crippen LogP contribution >= 0.6 is 11.6 Å². The van der Waals surface area contributed by atoms with Crippen LogP contribution in [-0.4, -0.2) is 23.7 Å². The molecule has 1 fully saturated rings. The number of rotatable bonds is 4. The molecule has 1 saturated carbocycles. The number of nitrogens with one attached hydrogen (secondary N) is 2. The monoisotopic (exact) mass is 300 g/mol. The van der Waals surface area contributed by atoms with Crippen molar-refractivity contribution in [3.05, 3.63) is 29.0 Å². The van der Waals surface area contributed by atoms with Gasteiger partial charge in [0.05, 0.1) is 16.1 Å². The van der Waals surface area contributed by atoms with E-state index in [1.165, 1.54) is 12.1 Å². The van der Waals surface area contributed by atoms with Gasteiger partial charge in [-0.3, -0.25) is 4.79 Å². The van der Waals surface area contributed by atoms with E-state index in [4.69, 9.17) is 16.7 Å². The van der Waals surface area contributed by atoms with E-state index in [0.29, 0.717) is 12.8 Å². The Morgan fingerprint density at radius 2 is 2.10 bits per heavy atom. The second-order valence-corrected chi connectivity index (χ2v) is 5.28. The van der Waals surface area contributed by atoms with Crippen LogP contribution in [-0.2, 0) is 4.79 Å². The Kier molecular flexibility index (Phi) is 4.13. The van der Waals surface area contributed by atoms with Crippen molar-refractivity contribution < 1.29 is 19.1 Å². The summed E-state index contributed by atoms with van der Waals surface area (Å²) in [4.78, 5) is 22.8. The highest BCUT2D eigenvalue weighted by Crippen LogP contribution is 2.40. The summed E-state index contributed by atoms with van der Waals surface area (Å²) in [6, 6.07) is 3.03. The van der Waals surface area contributed by atoms with Crippen LogP contribution in [0.25, 0.3) is 0 Å². The smallest absolute Gasteiger partial charge is 0.319 e. The molecule has 1 aliphatic rings. The lowest BCUT2D eigenvalue weighted by atomic mass is 9.69. The second kappa shape index (κ2) is 5.66. The Morgan fingerprint density at radius 3 is 2.60 bits per heavy atom. The van der Waals surface area contributed by atoms with Crippen LogP contribution in [0.15, 0.2) is 18.2 Å². The number of carbonyl (C=O) groups is 2. The van der Waals surface area contributed by atoms with Gasteiger partial charge < -0.3 is 15.7 Å². The number of carbonyl (C=O) groups excluding carboxylic acids is 1. The van der Waals surface area contributed by atoms with Crippen molar-refractivity contribution in [1.82, 2.24) is 5.32 Å². The van der Waals surface area contributed by atoms with Gasteiger partial charge in [-0.05, 0) is 31.0 Å². The van der Waals surface area contributed by atoms with E-state index in [1.807, 2.05) is 0 Å². The lowest BCUT2D eigenvalue weighted by molar-refractivity contribution is -0.153. The van der Waals surface area contributed by atoms with E-state index in [0.717, 1.165) is 12.5 Å². The fourth-order valence-corrected chi connectivity index (χ4v) is 2.29. The maximum Gasteiger partial charge on any atom is 0.319 e. The Bertz CT molecular complexity index is 546. The summed E-state index contributed by atoms with van der Waals surface area (Å²) >= 11 is 5.78. The minimum absolute atomic E-state index is 0.0625. The molecule has 0 radical (unpaired) electrons. The number of benzene rings is 1. The highest BCUT2D eigenvalue weighted by Gasteiger charge is 2.44. The molecule has 5 nitrogen and oxygen atoms in total. The molecule has 2 rings (SSSR count). The molecule has 0 heterocycles. The van der Waals surface area contributed by atoms with E-state index in [9.17, 15) is 14.0 Å². The summed E-state index contributed by atoms with van der Waals surface area (Å²) in [5, 5.41) is 14.2. The zero-order chi connectivity index (χ0) is 14.8. The number of amides is 2. The maximum absolute atomic E-state index is 12.9. The normalized spacial score (nSPS) is 16.1. The fraction of sp³-hybridized carbons (Fsp3) is 0.385. The number of hydrogen-bond donors (Lipinski definition) is 3. The van der Waals surface area contributed by atoms with E-state index in [2.05, 4.69) is 10.6 Å². The first-order valence-electron chi connectivity index (χ1n) is 6.16. The molecule has 0 atom stereocenters. The number of hydrogen-bond acceptors (Lipinski definition) is 2. The Morgan fingerprint density at radius 1 is 1.40 bits per heavy atom. The summed E-state index contributed by atoms with van der Waals surface area (Å²) in [5.41, 5.74) is -0.590. The van der Waals surface area contributed by atoms with Crippen molar-refractivity contribution in [1.29, 1.82) is 0 Å². The van der Waals surface area contributed by atoms with Gasteiger partial charge in [-0.15, -0.1) is 0 Å². The van der Waals surface area contributed by atoms with E-state index >= 15 is 0 Å². The Labute approximate surface area is 120 Å². The van der Waals surface area contributed by atoms with Gasteiger partial charge >= 0.3 is 12.0 Å². The van der Waals surface area contributed by atoms with Gasteiger partial charge in [0.2, 0.25) is 0 Å². The lowest BCUT2D eigenvalue weighted by Gasteiger charge is -2.37. The van der Waals surface area contributed by atoms with Gasteiger partial charge in [0.25, 0.3) is 0 Å². The van der Waals surface area contributed by atoms with E-state index < -0.39 is 23.2 Å². The van der Waals surface area contributed by atoms with E-state index in [1.54, 1.807) is 0 Å². The molecule has 0 aromatic heterocycles. The SMILES string of the molecule is O=C(NCC1(C(=O)O)CCC1)Nc1ccc(F)cc1Cl. The van der Waals surface area contributed by atoms with Crippen LogP contribution in [0, 0.1) is 11.2 Å². The lowest BCUT2D eigenvalue weighted by Crippen LogP contribution is -2.48. The number of aliphatic carboxylic acids is 1. The molecule has 0 spiro atoms. The number of anilines is 1. The number of urea groups is 1. The summed E-state index contributed by atoms with van der Waals surface area (Å²) in [7, 11) is 0. The molecule has 0 aliphatic heterocycles. The molecule has 2 amide bonds.